The summed E-state index contributed by atoms with van der Waals surface area (Å²) < 4.78 is 0. The van der Waals surface area contributed by atoms with Gasteiger partial charge >= 0.3 is 0 Å². The van der Waals surface area contributed by atoms with Gasteiger partial charge in [-0.3, -0.25) is 14.6 Å². The van der Waals surface area contributed by atoms with E-state index in [0.29, 0.717) is 12.1 Å². The first-order valence-electron chi connectivity index (χ1n) is 12.8. The Morgan fingerprint density at radius 1 is 0.972 bits per heavy atom. The third-order valence-corrected chi connectivity index (χ3v) is 7.04. The van der Waals surface area contributed by atoms with Gasteiger partial charge in [0.05, 0.1) is 6.42 Å². The van der Waals surface area contributed by atoms with Crippen molar-refractivity contribution in [1.82, 2.24) is 20.2 Å². The second kappa shape index (κ2) is 11.2. The summed E-state index contributed by atoms with van der Waals surface area (Å²) in [6, 6.07) is 20.9. The highest BCUT2D eigenvalue weighted by Crippen LogP contribution is 2.27. The lowest BCUT2D eigenvalue weighted by Gasteiger charge is -2.33. The minimum absolute atomic E-state index is 0.101. The smallest absolute Gasteiger partial charge is 0.247 e. The van der Waals surface area contributed by atoms with Crippen LogP contribution in [0.15, 0.2) is 85.3 Å². The van der Waals surface area contributed by atoms with Crippen molar-refractivity contribution in [3.8, 4) is 0 Å². The van der Waals surface area contributed by atoms with Gasteiger partial charge in [-0.25, -0.2) is 0 Å². The van der Waals surface area contributed by atoms with Gasteiger partial charge < -0.3 is 15.2 Å². The molecule has 5 rings (SSSR count). The summed E-state index contributed by atoms with van der Waals surface area (Å²) in [4.78, 5) is 37.1. The number of amides is 2. The summed E-state index contributed by atoms with van der Waals surface area (Å²) in [5, 5.41) is 4.28. The molecule has 2 aromatic carbocycles. The molecule has 1 saturated carbocycles. The minimum Gasteiger partial charge on any atom is -0.361 e. The predicted octanol–water partition coefficient (Wildman–Crippen LogP) is 5.32. The second-order valence-corrected chi connectivity index (χ2v) is 9.58. The Morgan fingerprint density at radius 3 is 2.53 bits per heavy atom. The summed E-state index contributed by atoms with van der Waals surface area (Å²) >= 11 is 0. The fraction of sp³-hybridized carbons (Fsp3) is 0.300. The molecule has 1 atom stereocenters. The van der Waals surface area contributed by atoms with Gasteiger partial charge in [0, 0.05) is 47.6 Å². The van der Waals surface area contributed by atoms with E-state index in [9.17, 15) is 9.59 Å². The zero-order chi connectivity index (χ0) is 24.7. The van der Waals surface area contributed by atoms with Crippen LogP contribution in [0.5, 0.6) is 0 Å². The number of hydrogen-bond acceptors (Lipinski definition) is 3. The number of hydrogen-bond donors (Lipinski definition) is 2. The Bertz CT molecular complexity index is 1300. The zero-order valence-corrected chi connectivity index (χ0v) is 20.4. The molecule has 6 nitrogen and oxygen atoms in total. The lowest BCUT2D eigenvalue weighted by Crippen LogP contribution is -2.47. The molecule has 1 fully saturated rings. The van der Waals surface area contributed by atoms with Gasteiger partial charge in [0.2, 0.25) is 11.8 Å². The molecule has 0 spiro atoms. The largest absolute Gasteiger partial charge is 0.361 e. The standard InChI is InChI=1S/C30H32N4O2/c35-28(18-24-20-32-27-16-8-7-15-26(24)27)34(21-22-10-3-1-4-11-22)29(23-12-9-17-31-19-23)30(36)33-25-13-5-2-6-14-25/h1,3-4,7-12,15-17,19-20,25,29,32H,2,5-6,13-14,18,21H2,(H,33,36). The Kier molecular flexibility index (Phi) is 7.41. The molecule has 184 valence electrons. The van der Waals surface area contributed by atoms with E-state index in [0.717, 1.165) is 47.7 Å². The van der Waals surface area contributed by atoms with Gasteiger partial charge in [-0.05, 0) is 36.1 Å². The van der Waals surface area contributed by atoms with E-state index in [2.05, 4.69) is 15.3 Å². The van der Waals surface area contributed by atoms with E-state index in [-0.39, 0.29) is 24.3 Å². The molecule has 1 unspecified atom stereocenters. The van der Waals surface area contributed by atoms with Crippen molar-refractivity contribution in [3.05, 3.63) is 102 Å². The fourth-order valence-corrected chi connectivity index (χ4v) is 5.18. The van der Waals surface area contributed by atoms with E-state index in [4.69, 9.17) is 0 Å². The number of rotatable bonds is 8. The number of nitrogens with zero attached hydrogens (tertiary/aromatic N) is 2. The van der Waals surface area contributed by atoms with Crippen LogP contribution >= 0.6 is 0 Å². The van der Waals surface area contributed by atoms with Gasteiger partial charge in [-0.1, -0.05) is 73.9 Å². The number of carbonyl (C=O) groups is 2. The van der Waals surface area contributed by atoms with Crippen LogP contribution in [0, 0.1) is 0 Å². The molecule has 1 aliphatic rings. The second-order valence-electron chi connectivity index (χ2n) is 9.58. The summed E-state index contributed by atoms with van der Waals surface area (Å²) in [5.41, 5.74) is 3.61. The highest BCUT2D eigenvalue weighted by molar-refractivity contribution is 5.92. The third kappa shape index (κ3) is 5.48. The van der Waals surface area contributed by atoms with Crippen LogP contribution in [0.3, 0.4) is 0 Å². The van der Waals surface area contributed by atoms with E-state index in [1.807, 2.05) is 72.9 Å². The van der Waals surface area contributed by atoms with Crippen molar-refractivity contribution < 1.29 is 9.59 Å². The number of benzene rings is 2. The first-order valence-corrected chi connectivity index (χ1v) is 12.8. The third-order valence-electron chi connectivity index (χ3n) is 7.04. The van der Waals surface area contributed by atoms with E-state index in [1.165, 1.54) is 6.42 Å². The molecular formula is C30H32N4O2. The van der Waals surface area contributed by atoms with Crippen LogP contribution in [0.2, 0.25) is 0 Å². The van der Waals surface area contributed by atoms with Gasteiger partial charge in [0.15, 0.2) is 0 Å². The number of fused-ring (bicyclic) bond motifs is 1. The first kappa shape index (κ1) is 23.8. The average Bonchev–Trinajstić information content (AvgIpc) is 3.33. The summed E-state index contributed by atoms with van der Waals surface area (Å²) in [6.07, 6.45) is 10.9. The van der Waals surface area contributed by atoms with Crippen LogP contribution in [0.1, 0.15) is 54.8 Å². The molecule has 0 aliphatic heterocycles. The van der Waals surface area contributed by atoms with Crippen molar-refractivity contribution in [2.24, 2.45) is 0 Å². The van der Waals surface area contributed by atoms with Gasteiger partial charge in [0.25, 0.3) is 0 Å². The SMILES string of the molecule is O=C(NC1CCCCC1)C(c1cccnc1)N(Cc1ccccc1)C(=O)Cc1c[nH]c2ccccc12. The number of para-hydroxylation sites is 1. The van der Waals surface area contributed by atoms with Gasteiger partial charge in [-0.15, -0.1) is 0 Å². The molecule has 2 amide bonds. The van der Waals surface area contributed by atoms with E-state index in [1.54, 1.807) is 17.3 Å². The van der Waals surface area contributed by atoms with Crippen molar-refractivity contribution in [2.45, 2.75) is 57.2 Å². The van der Waals surface area contributed by atoms with Crippen LogP contribution in [-0.4, -0.2) is 32.7 Å². The molecule has 36 heavy (non-hydrogen) atoms. The molecule has 2 N–H and O–H groups in total. The Hall–Kier alpha value is -3.93. The maximum Gasteiger partial charge on any atom is 0.247 e. The van der Waals surface area contributed by atoms with E-state index >= 15 is 0 Å². The van der Waals surface area contributed by atoms with Crippen molar-refractivity contribution >= 4 is 22.7 Å². The number of nitrogens with one attached hydrogen (secondary N) is 2. The quantitative estimate of drug-likeness (QED) is 0.358. The summed E-state index contributed by atoms with van der Waals surface area (Å²) in [6.45, 7) is 0.333. The monoisotopic (exact) mass is 480 g/mol. The maximum absolute atomic E-state index is 14.0. The highest BCUT2D eigenvalue weighted by Gasteiger charge is 2.33. The molecule has 1 aliphatic carbocycles. The van der Waals surface area contributed by atoms with Crippen molar-refractivity contribution in [1.29, 1.82) is 0 Å². The Labute approximate surface area is 211 Å². The highest BCUT2D eigenvalue weighted by atomic mass is 16.2. The Morgan fingerprint density at radius 2 is 1.75 bits per heavy atom. The number of H-pyrrole nitrogens is 1. The number of carbonyl (C=O) groups excluding carboxylic acids is 2. The Balaban J connectivity index is 1.49. The number of aromatic nitrogens is 2. The maximum atomic E-state index is 14.0. The van der Waals surface area contributed by atoms with Crippen molar-refractivity contribution in [3.63, 3.8) is 0 Å². The molecule has 0 bridgehead atoms. The molecule has 4 aromatic rings. The first-order chi connectivity index (χ1) is 17.7. The molecule has 6 heteroatoms. The lowest BCUT2D eigenvalue weighted by atomic mass is 9.94. The fourth-order valence-electron chi connectivity index (χ4n) is 5.18. The van der Waals surface area contributed by atoms with Crippen LogP contribution in [0.25, 0.3) is 10.9 Å². The molecule has 2 aromatic heterocycles. The summed E-state index contributed by atoms with van der Waals surface area (Å²) in [7, 11) is 0. The van der Waals surface area contributed by atoms with Gasteiger partial charge in [0.1, 0.15) is 6.04 Å². The van der Waals surface area contributed by atoms with Gasteiger partial charge in [-0.2, -0.15) is 0 Å². The molecule has 0 radical (unpaired) electrons. The summed E-state index contributed by atoms with van der Waals surface area (Å²) in [5.74, 6) is -0.241. The van der Waals surface area contributed by atoms with E-state index < -0.39 is 6.04 Å². The predicted molar refractivity (Wildman–Crippen MR) is 141 cm³/mol. The molecule has 0 saturated heterocycles. The lowest BCUT2D eigenvalue weighted by molar-refractivity contribution is -0.141. The van der Waals surface area contributed by atoms with Crippen LogP contribution < -0.4 is 5.32 Å². The average molecular weight is 481 g/mol. The minimum atomic E-state index is -0.765. The molecular weight excluding hydrogens is 448 g/mol. The normalized spacial score (nSPS) is 14.9. The number of aromatic amines is 1. The number of pyridine rings is 1. The molecule has 2 heterocycles. The van der Waals surface area contributed by atoms with Crippen LogP contribution in [-0.2, 0) is 22.6 Å². The topological polar surface area (TPSA) is 78.1 Å². The van der Waals surface area contributed by atoms with Crippen LogP contribution in [0.4, 0.5) is 0 Å². The van der Waals surface area contributed by atoms with Crippen molar-refractivity contribution in [2.75, 3.05) is 0 Å². The zero-order valence-electron chi connectivity index (χ0n) is 20.4.